The van der Waals surface area contributed by atoms with E-state index in [9.17, 15) is 13.2 Å². The second-order valence-electron chi connectivity index (χ2n) is 8.30. The molecule has 0 saturated heterocycles. The van der Waals surface area contributed by atoms with Crippen LogP contribution in [0, 0.1) is 6.92 Å². The first-order valence-electron chi connectivity index (χ1n) is 10.7. The van der Waals surface area contributed by atoms with Crippen LogP contribution < -0.4 is 9.62 Å². The molecule has 2 aromatic carbocycles. The van der Waals surface area contributed by atoms with Crippen molar-refractivity contribution in [1.82, 2.24) is 5.32 Å². The summed E-state index contributed by atoms with van der Waals surface area (Å²) in [6.45, 7) is 4.24. The van der Waals surface area contributed by atoms with Crippen LogP contribution >= 0.6 is 0 Å². The Morgan fingerprint density at radius 3 is 2.40 bits per heavy atom. The molecule has 1 amide bonds. The van der Waals surface area contributed by atoms with Crippen molar-refractivity contribution in [2.24, 2.45) is 0 Å². The quantitative estimate of drug-likeness (QED) is 0.682. The van der Waals surface area contributed by atoms with Crippen LogP contribution in [-0.4, -0.2) is 27.1 Å². The number of carbonyl (C=O) groups is 1. The Kier molecular flexibility index (Phi) is 7.19. The van der Waals surface area contributed by atoms with Crippen molar-refractivity contribution in [1.29, 1.82) is 0 Å². The van der Waals surface area contributed by atoms with Gasteiger partial charge in [0.25, 0.3) is 0 Å². The highest BCUT2D eigenvalue weighted by Gasteiger charge is 2.18. The molecule has 1 aliphatic carbocycles. The molecule has 0 heterocycles. The second kappa shape index (κ2) is 9.65. The normalized spacial score (nSPS) is 14.6. The highest BCUT2D eigenvalue weighted by molar-refractivity contribution is 7.92. The van der Waals surface area contributed by atoms with Crippen LogP contribution in [0.4, 0.5) is 5.69 Å². The number of hydrogen-bond acceptors (Lipinski definition) is 3. The zero-order chi connectivity index (χ0) is 21.7. The minimum atomic E-state index is -3.40. The molecular weight excluding hydrogens is 396 g/mol. The Morgan fingerprint density at radius 1 is 1.07 bits per heavy atom. The minimum Gasteiger partial charge on any atom is -0.350 e. The molecule has 1 N–H and O–H groups in total. The van der Waals surface area contributed by atoms with Crippen molar-refractivity contribution in [2.75, 3.05) is 17.1 Å². The van der Waals surface area contributed by atoms with Gasteiger partial charge in [0.05, 0.1) is 18.0 Å². The molecule has 1 atom stereocenters. The SMILES string of the molecule is Cc1ccc(N(CCCC(=O)NC(C)c2ccc3c(c2)CCCC3)S(C)(=O)=O)cc1. The number of amides is 1. The average Bonchev–Trinajstić information content (AvgIpc) is 2.71. The summed E-state index contributed by atoms with van der Waals surface area (Å²) in [5, 5.41) is 3.06. The van der Waals surface area contributed by atoms with Gasteiger partial charge in [-0.05, 0) is 74.8 Å². The molecule has 30 heavy (non-hydrogen) atoms. The maximum Gasteiger partial charge on any atom is 0.232 e. The van der Waals surface area contributed by atoms with Crippen molar-refractivity contribution in [3.8, 4) is 0 Å². The largest absolute Gasteiger partial charge is 0.350 e. The number of nitrogens with one attached hydrogen (secondary N) is 1. The molecule has 0 saturated carbocycles. The lowest BCUT2D eigenvalue weighted by Gasteiger charge is -2.23. The lowest BCUT2D eigenvalue weighted by atomic mass is 9.89. The van der Waals surface area contributed by atoms with Crippen LogP contribution in [-0.2, 0) is 27.7 Å². The molecule has 3 rings (SSSR count). The minimum absolute atomic E-state index is 0.0578. The van der Waals surface area contributed by atoms with Crippen molar-refractivity contribution >= 4 is 21.6 Å². The molecule has 0 radical (unpaired) electrons. The lowest BCUT2D eigenvalue weighted by Crippen LogP contribution is -2.32. The first kappa shape index (κ1) is 22.3. The monoisotopic (exact) mass is 428 g/mol. The van der Waals surface area contributed by atoms with E-state index in [1.807, 2.05) is 26.0 Å². The summed E-state index contributed by atoms with van der Waals surface area (Å²) >= 11 is 0. The summed E-state index contributed by atoms with van der Waals surface area (Å²) < 4.78 is 25.8. The van der Waals surface area contributed by atoms with Gasteiger partial charge in [-0.2, -0.15) is 0 Å². The fourth-order valence-corrected chi connectivity index (χ4v) is 4.97. The number of rotatable bonds is 8. The molecule has 6 heteroatoms. The van der Waals surface area contributed by atoms with Gasteiger partial charge in [-0.25, -0.2) is 8.42 Å². The first-order valence-corrected chi connectivity index (χ1v) is 12.5. The Balaban J connectivity index is 1.55. The van der Waals surface area contributed by atoms with E-state index in [0.717, 1.165) is 24.0 Å². The molecule has 0 aliphatic heterocycles. The number of aryl methyl sites for hydroxylation is 3. The smallest absolute Gasteiger partial charge is 0.232 e. The predicted molar refractivity (Wildman–Crippen MR) is 122 cm³/mol. The topological polar surface area (TPSA) is 66.5 Å². The van der Waals surface area contributed by atoms with Gasteiger partial charge in [-0.15, -0.1) is 0 Å². The van der Waals surface area contributed by atoms with Gasteiger partial charge >= 0.3 is 0 Å². The van der Waals surface area contributed by atoms with Crippen LogP contribution in [0.1, 0.15) is 60.9 Å². The molecule has 0 fully saturated rings. The summed E-state index contributed by atoms with van der Waals surface area (Å²) in [5.41, 5.74) is 5.66. The van der Waals surface area contributed by atoms with Crippen molar-refractivity contribution < 1.29 is 13.2 Å². The van der Waals surface area contributed by atoms with Gasteiger partial charge in [0.2, 0.25) is 15.9 Å². The van der Waals surface area contributed by atoms with E-state index in [2.05, 4.69) is 23.5 Å². The predicted octanol–water partition coefficient (Wildman–Crippen LogP) is 4.30. The number of nitrogens with zero attached hydrogens (tertiary/aromatic N) is 1. The fraction of sp³-hybridized carbons (Fsp3) is 0.458. The Bertz CT molecular complexity index is 984. The standard InChI is InChI=1S/C24H32N2O3S/c1-18-10-14-23(15-11-18)26(30(3,28)29)16-6-9-24(27)25-19(2)21-13-12-20-7-4-5-8-22(20)17-21/h10-15,17,19H,4-9,16H2,1-3H3,(H,25,27). The number of fused-ring (bicyclic) bond motifs is 1. The number of carbonyl (C=O) groups excluding carboxylic acids is 1. The molecule has 1 aliphatic rings. The van der Waals surface area contributed by atoms with Crippen molar-refractivity contribution in [3.63, 3.8) is 0 Å². The number of hydrogen-bond donors (Lipinski definition) is 1. The highest BCUT2D eigenvalue weighted by Crippen LogP contribution is 2.25. The molecular formula is C24H32N2O3S. The second-order valence-corrected chi connectivity index (χ2v) is 10.2. The summed E-state index contributed by atoms with van der Waals surface area (Å²) in [7, 11) is -3.40. The molecule has 5 nitrogen and oxygen atoms in total. The van der Waals surface area contributed by atoms with Crippen molar-refractivity contribution in [2.45, 2.75) is 58.4 Å². The van der Waals surface area contributed by atoms with E-state index in [1.54, 1.807) is 12.1 Å². The zero-order valence-corrected chi connectivity index (χ0v) is 19.0. The van der Waals surface area contributed by atoms with E-state index < -0.39 is 10.0 Å². The van der Waals surface area contributed by atoms with Gasteiger partial charge < -0.3 is 5.32 Å². The van der Waals surface area contributed by atoms with Crippen LogP contribution in [0.5, 0.6) is 0 Å². The van der Waals surface area contributed by atoms with E-state index in [0.29, 0.717) is 12.1 Å². The van der Waals surface area contributed by atoms with Crippen LogP contribution in [0.3, 0.4) is 0 Å². The van der Waals surface area contributed by atoms with Gasteiger partial charge in [0.1, 0.15) is 0 Å². The van der Waals surface area contributed by atoms with Crippen LogP contribution in [0.15, 0.2) is 42.5 Å². The Morgan fingerprint density at radius 2 is 1.73 bits per heavy atom. The number of sulfonamides is 1. The van der Waals surface area contributed by atoms with Crippen LogP contribution in [0.25, 0.3) is 0 Å². The van der Waals surface area contributed by atoms with E-state index in [4.69, 9.17) is 0 Å². The molecule has 162 valence electrons. The van der Waals surface area contributed by atoms with Gasteiger partial charge in [0, 0.05) is 13.0 Å². The number of anilines is 1. The summed E-state index contributed by atoms with van der Waals surface area (Å²) in [6.07, 6.45) is 6.70. The molecule has 2 aromatic rings. The summed E-state index contributed by atoms with van der Waals surface area (Å²) in [4.78, 5) is 12.4. The third kappa shape index (κ3) is 5.85. The summed E-state index contributed by atoms with van der Waals surface area (Å²) in [5.74, 6) is -0.0578. The number of benzene rings is 2. The van der Waals surface area contributed by atoms with Crippen LogP contribution in [0.2, 0.25) is 0 Å². The van der Waals surface area contributed by atoms with E-state index >= 15 is 0 Å². The maximum absolute atomic E-state index is 12.4. The third-order valence-corrected chi connectivity index (χ3v) is 6.93. The van der Waals surface area contributed by atoms with E-state index in [1.165, 1.54) is 34.5 Å². The van der Waals surface area contributed by atoms with E-state index in [-0.39, 0.29) is 24.9 Å². The maximum atomic E-state index is 12.4. The van der Waals surface area contributed by atoms with Gasteiger partial charge in [-0.1, -0.05) is 35.9 Å². The zero-order valence-electron chi connectivity index (χ0n) is 18.1. The lowest BCUT2D eigenvalue weighted by molar-refractivity contribution is -0.121. The Hall–Kier alpha value is -2.34. The first-order chi connectivity index (χ1) is 14.2. The fourth-order valence-electron chi connectivity index (χ4n) is 4.00. The van der Waals surface area contributed by atoms with Gasteiger partial charge in [0.15, 0.2) is 0 Å². The third-order valence-electron chi connectivity index (χ3n) is 5.74. The van der Waals surface area contributed by atoms with Crippen molar-refractivity contribution in [3.05, 3.63) is 64.7 Å². The Labute approximate surface area is 180 Å². The molecule has 0 bridgehead atoms. The van der Waals surface area contributed by atoms with Gasteiger partial charge in [-0.3, -0.25) is 9.10 Å². The molecule has 1 unspecified atom stereocenters. The molecule has 0 spiro atoms. The highest BCUT2D eigenvalue weighted by atomic mass is 32.2. The molecule has 0 aromatic heterocycles. The summed E-state index contributed by atoms with van der Waals surface area (Å²) in [6, 6.07) is 13.8. The average molecular weight is 429 g/mol.